The van der Waals surface area contributed by atoms with Crippen molar-refractivity contribution in [2.24, 2.45) is 5.92 Å². The van der Waals surface area contributed by atoms with Crippen molar-refractivity contribution in [3.8, 4) is 0 Å². The van der Waals surface area contributed by atoms with Crippen LogP contribution in [0.5, 0.6) is 0 Å². The summed E-state index contributed by atoms with van der Waals surface area (Å²) in [6.45, 7) is 6.44. The van der Waals surface area contributed by atoms with Crippen LogP contribution in [0, 0.1) is 5.92 Å². The number of halogens is 1. The summed E-state index contributed by atoms with van der Waals surface area (Å²) in [7, 11) is 2.21. The molecule has 0 atom stereocenters. The van der Waals surface area contributed by atoms with Crippen LogP contribution in [0.2, 0.25) is 0 Å². The van der Waals surface area contributed by atoms with E-state index in [-0.39, 0.29) is 5.91 Å². The maximum Gasteiger partial charge on any atom is 0.223 e. The molecule has 1 aliphatic rings. The predicted octanol–water partition coefficient (Wildman–Crippen LogP) is 2.59. The fraction of sp³-hybridized carbons (Fsp3) is 0.929. The minimum absolute atomic E-state index is 0.225. The highest BCUT2D eigenvalue weighted by molar-refractivity contribution is 6.18. The van der Waals surface area contributed by atoms with Gasteiger partial charge in [-0.3, -0.25) is 4.79 Å². The second-order valence-electron chi connectivity index (χ2n) is 5.38. The van der Waals surface area contributed by atoms with Crippen LogP contribution in [0.1, 0.15) is 39.0 Å². The SMILES string of the molecule is CCCCN(C)CC1CCN(C(=O)CCCl)CC1. The van der Waals surface area contributed by atoms with E-state index in [1.807, 2.05) is 4.90 Å². The number of hydrogen-bond donors (Lipinski definition) is 0. The molecule has 0 bridgehead atoms. The lowest BCUT2D eigenvalue weighted by Crippen LogP contribution is -2.41. The predicted molar refractivity (Wildman–Crippen MR) is 77.0 cm³/mol. The van der Waals surface area contributed by atoms with Crippen molar-refractivity contribution in [1.29, 1.82) is 0 Å². The van der Waals surface area contributed by atoms with E-state index in [0.29, 0.717) is 12.3 Å². The van der Waals surface area contributed by atoms with Gasteiger partial charge in [-0.05, 0) is 38.8 Å². The Hall–Kier alpha value is -0.280. The van der Waals surface area contributed by atoms with Gasteiger partial charge in [-0.15, -0.1) is 11.6 Å². The summed E-state index contributed by atoms with van der Waals surface area (Å²) < 4.78 is 0. The molecule has 106 valence electrons. The highest BCUT2D eigenvalue weighted by Crippen LogP contribution is 2.18. The first-order valence-electron chi connectivity index (χ1n) is 7.19. The Bertz CT molecular complexity index is 240. The van der Waals surface area contributed by atoms with Crippen LogP contribution in [-0.2, 0) is 4.79 Å². The average Bonchev–Trinajstić information content (AvgIpc) is 2.37. The van der Waals surface area contributed by atoms with Crippen molar-refractivity contribution in [2.45, 2.75) is 39.0 Å². The number of amides is 1. The minimum Gasteiger partial charge on any atom is -0.343 e. The Labute approximate surface area is 116 Å². The van der Waals surface area contributed by atoms with Crippen LogP contribution < -0.4 is 0 Å². The Morgan fingerprint density at radius 3 is 2.61 bits per heavy atom. The summed E-state index contributed by atoms with van der Waals surface area (Å²) in [5, 5.41) is 0. The molecule has 0 unspecified atom stereocenters. The van der Waals surface area contributed by atoms with E-state index in [4.69, 9.17) is 11.6 Å². The molecule has 1 fully saturated rings. The van der Waals surface area contributed by atoms with E-state index in [9.17, 15) is 4.79 Å². The van der Waals surface area contributed by atoms with Gasteiger partial charge in [0.1, 0.15) is 0 Å². The van der Waals surface area contributed by atoms with Gasteiger partial charge >= 0.3 is 0 Å². The molecule has 3 nitrogen and oxygen atoms in total. The van der Waals surface area contributed by atoms with Gasteiger partial charge in [-0.1, -0.05) is 13.3 Å². The van der Waals surface area contributed by atoms with Crippen LogP contribution in [0.3, 0.4) is 0 Å². The summed E-state index contributed by atoms with van der Waals surface area (Å²) in [6.07, 6.45) is 5.32. The van der Waals surface area contributed by atoms with Crippen molar-refractivity contribution in [3.63, 3.8) is 0 Å². The van der Waals surface area contributed by atoms with Gasteiger partial charge in [0, 0.05) is 31.9 Å². The third-order valence-corrected chi connectivity index (χ3v) is 3.93. The molecule has 0 saturated carbocycles. The summed E-state index contributed by atoms with van der Waals surface area (Å²) in [6, 6.07) is 0. The fourth-order valence-corrected chi connectivity index (χ4v) is 2.73. The topological polar surface area (TPSA) is 23.6 Å². The summed E-state index contributed by atoms with van der Waals surface area (Å²) in [4.78, 5) is 16.1. The first-order chi connectivity index (χ1) is 8.67. The number of rotatable bonds is 7. The molecule has 1 aliphatic heterocycles. The third-order valence-electron chi connectivity index (χ3n) is 3.74. The molecule has 0 aromatic heterocycles. The van der Waals surface area contributed by atoms with Crippen LogP contribution in [-0.4, -0.2) is 54.8 Å². The molecule has 1 rings (SSSR count). The summed E-state index contributed by atoms with van der Waals surface area (Å²) in [5.74, 6) is 1.42. The molecule has 4 heteroatoms. The van der Waals surface area contributed by atoms with Crippen molar-refractivity contribution >= 4 is 17.5 Å². The quantitative estimate of drug-likeness (QED) is 0.666. The molecular weight excluding hydrogens is 248 g/mol. The van der Waals surface area contributed by atoms with E-state index in [1.54, 1.807) is 0 Å². The van der Waals surface area contributed by atoms with Crippen molar-refractivity contribution < 1.29 is 4.79 Å². The molecule has 0 aliphatic carbocycles. The molecule has 0 spiro atoms. The highest BCUT2D eigenvalue weighted by atomic mass is 35.5. The molecule has 0 aromatic rings. The van der Waals surface area contributed by atoms with E-state index >= 15 is 0 Å². The number of likely N-dealkylation sites (tertiary alicyclic amines) is 1. The van der Waals surface area contributed by atoms with Crippen molar-refractivity contribution in [3.05, 3.63) is 0 Å². The molecule has 0 radical (unpaired) electrons. The molecule has 18 heavy (non-hydrogen) atoms. The monoisotopic (exact) mass is 274 g/mol. The number of carbonyl (C=O) groups is 1. The number of unbranched alkanes of at least 4 members (excludes halogenated alkanes) is 1. The summed E-state index contributed by atoms with van der Waals surface area (Å²) >= 11 is 5.61. The first kappa shape index (κ1) is 15.8. The largest absolute Gasteiger partial charge is 0.343 e. The maximum absolute atomic E-state index is 11.7. The Morgan fingerprint density at radius 1 is 1.39 bits per heavy atom. The Morgan fingerprint density at radius 2 is 2.06 bits per heavy atom. The zero-order valence-corrected chi connectivity index (χ0v) is 12.6. The smallest absolute Gasteiger partial charge is 0.223 e. The van der Waals surface area contributed by atoms with Crippen LogP contribution in [0.4, 0.5) is 0 Å². The number of piperidine rings is 1. The highest BCUT2D eigenvalue weighted by Gasteiger charge is 2.22. The number of nitrogens with zero attached hydrogens (tertiary/aromatic N) is 2. The van der Waals surface area contributed by atoms with Gasteiger partial charge in [0.2, 0.25) is 5.91 Å². The zero-order chi connectivity index (χ0) is 13.4. The zero-order valence-electron chi connectivity index (χ0n) is 11.8. The van der Waals surface area contributed by atoms with Gasteiger partial charge in [0.05, 0.1) is 0 Å². The standard InChI is InChI=1S/C14H27ClN2O/c1-3-4-9-16(2)12-13-6-10-17(11-7-13)14(18)5-8-15/h13H,3-12H2,1-2H3. The van der Waals surface area contributed by atoms with Crippen LogP contribution >= 0.6 is 11.6 Å². The first-order valence-corrected chi connectivity index (χ1v) is 7.73. The Kier molecular flexibility index (Phi) is 7.68. The molecule has 1 amide bonds. The second-order valence-corrected chi connectivity index (χ2v) is 5.76. The van der Waals surface area contributed by atoms with E-state index in [1.165, 1.54) is 25.9 Å². The molecule has 1 heterocycles. The normalized spacial score (nSPS) is 17.4. The van der Waals surface area contributed by atoms with Crippen molar-refractivity contribution in [1.82, 2.24) is 9.80 Å². The summed E-state index contributed by atoms with van der Waals surface area (Å²) in [5.41, 5.74) is 0. The third kappa shape index (κ3) is 5.57. The average molecular weight is 275 g/mol. The maximum atomic E-state index is 11.7. The van der Waals surface area contributed by atoms with Gasteiger partial charge in [-0.25, -0.2) is 0 Å². The minimum atomic E-state index is 0.225. The second kappa shape index (κ2) is 8.76. The van der Waals surface area contributed by atoms with Gasteiger partial charge < -0.3 is 9.80 Å². The van der Waals surface area contributed by atoms with Gasteiger partial charge in [0.15, 0.2) is 0 Å². The fourth-order valence-electron chi connectivity index (χ4n) is 2.56. The molecule has 0 N–H and O–H groups in total. The lowest BCUT2D eigenvalue weighted by Gasteiger charge is -2.34. The van der Waals surface area contributed by atoms with Crippen LogP contribution in [0.25, 0.3) is 0 Å². The lowest BCUT2D eigenvalue weighted by molar-refractivity contribution is -0.132. The van der Waals surface area contributed by atoms with Gasteiger partial charge in [-0.2, -0.15) is 0 Å². The molecule has 1 saturated heterocycles. The van der Waals surface area contributed by atoms with E-state index < -0.39 is 0 Å². The number of hydrogen-bond acceptors (Lipinski definition) is 2. The number of carbonyl (C=O) groups excluding carboxylic acids is 1. The van der Waals surface area contributed by atoms with E-state index in [0.717, 1.165) is 31.8 Å². The molecular formula is C14H27ClN2O. The van der Waals surface area contributed by atoms with Gasteiger partial charge in [0.25, 0.3) is 0 Å². The lowest BCUT2D eigenvalue weighted by atomic mass is 9.96. The van der Waals surface area contributed by atoms with Crippen molar-refractivity contribution in [2.75, 3.05) is 39.1 Å². The molecule has 0 aromatic carbocycles. The van der Waals surface area contributed by atoms with Crippen LogP contribution in [0.15, 0.2) is 0 Å². The van der Waals surface area contributed by atoms with E-state index in [2.05, 4.69) is 18.9 Å². The Balaban J connectivity index is 2.20. The number of alkyl halides is 1.